The van der Waals surface area contributed by atoms with E-state index >= 15 is 0 Å². The standard InChI is InChI=1S/C21H24N4O4S2/c1-13-5-4-6-18-19(13)22-21(30-18)24-23-20(26)16-7-9-17(10-8-16)31(27,28)25-11-14(2)29-15(3)12-25/h4-10,14-15H,11-12H2,1-3H3,(H,22,24)(H,23,26)/t14-,15+. The van der Waals surface area contributed by atoms with Gasteiger partial charge < -0.3 is 4.74 Å². The summed E-state index contributed by atoms with van der Waals surface area (Å²) < 4.78 is 33.9. The zero-order valence-corrected chi connectivity index (χ0v) is 19.1. The number of aromatic nitrogens is 1. The van der Waals surface area contributed by atoms with Crippen LogP contribution in [-0.4, -0.2) is 48.9 Å². The van der Waals surface area contributed by atoms with Crippen LogP contribution in [-0.2, 0) is 14.8 Å². The first-order valence-electron chi connectivity index (χ1n) is 9.92. The molecule has 2 atom stereocenters. The van der Waals surface area contributed by atoms with Crippen LogP contribution in [0.1, 0.15) is 29.8 Å². The molecule has 10 heteroatoms. The van der Waals surface area contributed by atoms with Gasteiger partial charge in [0.1, 0.15) is 0 Å². The zero-order valence-electron chi connectivity index (χ0n) is 17.5. The molecule has 1 aromatic heterocycles. The van der Waals surface area contributed by atoms with E-state index in [-0.39, 0.29) is 23.0 Å². The summed E-state index contributed by atoms with van der Waals surface area (Å²) in [6.07, 6.45) is -0.332. The molecule has 2 heterocycles. The highest BCUT2D eigenvalue weighted by atomic mass is 32.2. The van der Waals surface area contributed by atoms with E-state index in [2.05, 4.69) is 15.8 Å². The molecule has 1 aliphatic rings. The van der Waals surface area contributed by atoms with Gasteiger partial charge in [-0.25, -0.2) is 13.4 Å². The van der Waals surface area contributed by atoms with Crippen molar-refractivity contribution in [2.75, 3.05) is 18.5 Å². The highest BCUT2D eigenvalue weighted by molar-refractivity contribution is 7.89. The molecule has 8 nitrogen and oxygen atoms in total. The third kappa shape index (κ3) is 4.57. The number of aryl methyl sites for hydroxylation is 1. The van der Waals surface area contributed by atoms with Crippen molar-refractivity contribution in [3.8, 4) is 0 Å². The highest BCUT2D eigenvalue weighted by Gasteiger charge is 2.32. The number of hydrogen-bond acceptors (Lipinski definition) is 7. The number of para-hydroxylation sites is 1. The van der Waals surface area contributed by atoms with Gasteiger partial charge >= 0.3 is 0 Å². The predicted octanol–water partition coefficient (Wildman–Crippen LogP) is 3.16. The van der Waals surface area contributed by atoms with Crippen LogP contribution in [0.5, 0.6) is 0 Å². The number of hydrazine groups is 1. The van der Waals surface area contributed by atoms with Crippen LogP contribution in [0.25, 0.3) is 10.2 Å². The number of nitrogens with one attached hydrogen (secondary N) is 2. The fourth-order valence-electron chi connectivity index (χ4n) is 3.58. The Labute approximate surface area is 185 Å². The zero-order chi connectivity index (χ0) is 22.2. The average Bonchev–Trinajstić information content (AvgIpc) is 3.16. The largest absolute Gasteiger partial charge is 0.373 e. The first-order valence-corrected chi connectivity index (χ1v) is 12.2. The van der Waals surface area contributed by atoms with Crippen LogP contribution in [0.4, 0.5) is 5.13 Å². The Morgan fingerprint density at radius 3 is 2.45 bits per heavy atom. The molecule has 0 saturated carbocycles. The van der Waals surface area contributed by atoms with Crippen LogP contribution in [0, 0.1) is 6.92 Å². The number of morpholine rings is 1. The lowest BCUT2D eigenvalue weighted by Crippen LogP contribution is -2.48. The first kappa shape index (κ1) is 21.7. The van der Waals surface area contributed by atoms with Crippen LogP contribution < -0.4 is 10.9 Å². The number of sulfonamides is 1. The van der Waals surface area contributed by atoms with Crippen molar-refractivity contribution in [2.24, 2.45) is 0 Å². The van der Waals surface area contributed by atoms with Gasteiger partial charge in [0, 0.05) is 18.7 Å². The van der Waals surface area contributed by atoms with E-state index in [1.54, 1.807) is 0 Å². The van der Waals surface area contributed by atoms with Gasteiger partial charge in [-0.05, 0) is 56.7 Å². The fraction of sp³-hybridized carbons (Fsp3) is 0.333. The predicted molar refractivity (Wildman–Crippen MR) is 121 cm³/mol. The summed E-state index contributed by atoms with van der Waals surface area (Å²) >= 11 is 1.44. The minimum atomic E-state index is -3.65. The van der Waals surface area contributed by atoms with Crippen molar-refractivity contribution in [3.05, 3.63) is 53.6 Å². The van der Waals surface area contributed by atoms with Gasteiger partial charge in [0.25, 0.3) is 5.91 Å². The summed E-state index contributed by atoms with van der Waals surface area (Å²) in [5.41, 5.74) is 7.74. The van der Waals surface area contributed by atoms with E-state index in [1.807, 2.05) is 39.0 Å². The quantitative estimate of drug-likeness (QED) is 0.568. The van der Waals surface area contributed by atoms with Crippen molar-refractivity contribution < 1.29 is 17.9 Å². The molecule has 4 rings (SSSR count). The fourth-order valence-corrected chi connectivity index (χ4v) is 6.06. The molecule has 2 N–H and O–H groups in total. The molecular weight excluding hydrogens is 436 g/mol. The summed E-state index contributed by atoms with van der Waals surface area (Å²) in [4.78, 5) is 17.1. The lowest BCUT2D eigenvalue weighted by atomic mass is 10.2. The second-order valence-corrected chi connectivity index (χ2v) is 10.6. The Morgan fingerprint density at radius 2 is 1.81 bits per heavy atom. The molecule has 1 saturated heterocycles. The lowest BCUT2D eigenvalue weighted by Gasteiger charge is -2.34. The van der Waals surface area contributed by atoms with Gasteiger partial charge in [-0.3, -0.25) is 15.6 Å². The van der Waals surface area contributed by atoms with Gasteiger partial charge in [-0.15, -0.1) is 0 Å². The van der Waals surface area contributed by atoms with Crippen LogP contribution >= 0.6 is 11.3 Å². The molecule has 1 aliphatic heterocycles. The number of thiazole rings is 1. The lowest BCUT2D eigenvalue weighted by molar-refractivity contribution is -0.0440. The van der Waals surface area contributed by atoms with Gasteiger partial charge in [0.15, 0.2) is 0 Å². The van der Waals surface area contributed by atoms with Crippen LogP contribution in [0.3, 0.4) is 0 Å². The number of nitrogens with zero attached hydrogens (tertiary/aromatic N) is 2. The van der Waals surface area contributed by atoms with Crippen molar-refractivity contribution in [1.82, 2.24) is 14.7 Å². The molecule has 0 radical (unpaired) electrons. The van der Waals surface area contributed by atoms with E-state index in [1.165, 1.54) is 39.9 Å². The second kappa shape index (κ2) is 8.54. The molecule has 1 fully saturated rings. The Morgan fingerprint density at radius 1 is 1.13 bits per heavy atom. The highest BCUT2D eigenvalue weighted by Crippen LogP contribution is 2.27. The summed E-state index contributed by atoms with van der Waals surface area (Å²) in [6, 6.07) is 11.8. The molecule has 31 heavy (non-hydrogen) atoms. The number of anilines is 1. The van der Waals surface area contributed by atoms with Crippen LogP contribution in [0.15, 0.2) is 47.4 Å². The Hall–Kier alpha value is -2.53. The second-order valence-electron chi connectivity index (χ2n) is 7.62. The molecule has 3 aromatic rings. The maximum absolute atomic E-state index is 12.9. The molecule has 0 bridgehead atoms. The number of benzene rings is 2. The Balaban J connectivity index is 1.43. The number of fused-ring (bicyclic) bond motifs is 1. The summed E-state index contributed by atoms with van der Waals surface area (Å²) in [6.45, 7) is 6.30. The number of rotatable bonds is 5. The first-order chi connectivity index (χ1) is 14.7. The molecule has 164 valence electrons. The third-order valence-electron chi connectivity index (χ3n) is 5.04. The third-order valence-corrected chi connectivity index (χ3v) is 7.83. The SMILES string of the molecule is Cc1cccc2sc(NNC(=O)c3ccc(S(=O)(=O)N4C[C@@H](C)O[C@@H](C)C4)cc3)nc12. The van der Waals surface area contributed by atoms with Crippen molar-refractivity contribution in [2.45, 2.75) is 37.9 Å². The van der Waals surface area contributed by atoms with Crippen molar-refractivity contribution >= 4 is 42.6 Å². The minimum Gasteiger partial charge on any atom is -0.373 e. The van der Waals surface area contributed by atoms with Gasteiger partial charge in [0.2, 0.25) is 15.2 Å². The van der Waals surface area contributed by atoms with Gasteiger partial charge in [-0.1, -0.05) is 23.5 Å². The van der Waals surface area contributed by atoms with E-state index in [0.29, 0.717) is 23.8 Å². The normalized spacial score (nSPS) is 20.0. The molecule has 0 unspecified atom stereocenters. The number of ether oxygens (including phenoxy) is 1. The number of carbonyl (C=O) groups is 1. The maximum Gasteiger partial charge on any atom is 0.269 e. The van der Waals surface area contributed by atoms with Crippen LogP contribution in [0.2, 0.25) is 0 Å². The summed E-state index contributed by atoms with van der Waals surface area (Å²) in [5, 5.41) is 0.576. The number of carbonyl (C=O) groups excluding carboxylic acids is 1. The van der Waals surface area contributed by atoms with E-state index in [4.69, 9.17) is 4.74 Å². The summed E-state index contributed by atoms with van der Waals surface area (Å²) in [5.74, 6) is -0.381. The number of hydrogen-bond donors (Lipinski definition) is 2. The Kier molecular flexibility index (Phi) is 5.98. The topological polar surface area (TPSA) is 101 Å². The smallest absolute Gasteiger partial charge is 0.269 e. The number of amides is 1. The molecule has 0 aliphatic carbocycles. The summed E-state index contributed by atoms with van der Waals surface area (Å²) in [7, 11) is -3.65. The molecule has 2 aromatic carbocycles. The van der Waals surface area contributed by atoms with E-state index in [9.17, 15) is 13.2 Å². The molecule has 1 amide bonds. The molecular formula is C21H24N4O4S2. The van der Waals surface area contributed by atoms with Crippen molar-refractivity contribution in [1.29, 1.82) is 0 Å². The molecule has 0 spiro atoms. The van der Waals surface area contributed by atoms with Gasteiger partial charge in [-0.2, -0.15) is 4.31 Å². The van der Waals surface area contributed by atoms with E-state index in [0.717, 1.165) is 15.8 Å². The Bertz CT molecular complexity index is 1200. The van der Waals surface area contributed by atoms with Gasteiger partial charge in [0.05, 0.1) is 27.3 Å². The average molecular weight is 461 g/mol. The van der Waals surface area contributed by atoms with E-state index < -0.39 is 10.0 Å². The maximum atomic E-state index is 12.9. The van der Waals surface area contributed by atoms with Crippen molar-refractivity contribution in [3.63, 3.8) is 0 Å². The minimum absolute atomic E-state index is 0.153. The monoisotopic (exact) mass is 460 g/mol.